The number of nitrogens with one attached hydrogen (secondary N) is 1. The van der Waals surface area contributed by atoms with Crippen molar-refractivity contribution in [3.63, 3.8) is 0 Å². The summed E-state index contributed by atoms with van der Waals surface area (Å²) in [5.41, 5.74) is -0.178. The van der Waals surface area contributed by atoms with E-state index < -0.39 is 11.4 Å². The molecule has 0 aromatic heterocycles. The Balaban J connectivity index is 2.03. The van der Waals surface area contributed by atoms with E-state index in [9.17, 15) is 9.59 Å². The number of rotatable bonds is 6. The van der Waals surface area contributed by atoms with Gasteiger partial charge in [0.2, 0.25) is 0 Å². The van der Waals surface area contributed by atoms with Crippen LogP contribution in [0.15, 0.2) is 42.5 Å². The number of carbonyl (C=O) groups excluding carboxylic acids is 1. The van der Waals surface area contributed by atoms with Crippen molar-refractivity contribution in [2.75, 3.05) is 11.9 Å². The number of amides is 1. The minimum atomic E-state index is -1.00. The van der Waals surface area contributed by atoms with Crippen LogP contribution in [0.25, 0.3) is 0 Å². The van der Waals surface area contributed by atoms with E-state index in [1.807, 2.05) is 0 Å². The Kier molecular flexibility index (Phi) is 5.93. The van der Waals surface area contributed by atoms with Crippen molar-refractivity contribution in [1.29, 1.82) is 0 Å². The van der Waals surface area contributed by atoms with Gasteiger partial charge < -0.3 is 15.2 Å². The number of halogens is 2. The molecule has 0 saturated heterocycles. The van der Waals surface area contributed by atoms with Gasteiger partial charge in [-0.05, 0) is 56.3 Å². The van der Waals surface area contributed by atoms with Crippen molar-refractivity contribution in [1.82, 2.24) is 0 Å². The number of benzene rings is 2. The van der Waals surface area contributed by atoms with Crippen molar-refractivity contribution in [3.05, 3.63) is 58.1 Å². The van der Waals surface area contributed by atoms with Gasteiger partial charge in [0.05, 0.1) is 16.1 Å². The molecule has 0 aliphatic heterocycles. The summed E-state index contributed by atoms with van der Waals surface area (Å²) in [5.74, 6) is -0.810. The predicted molar refractivity (Wildman–Crippen MR) is 97.8 cm³/mol. The molecule has 2 rings (SSSR count). The molecule has 2 N–H and O–H groups in total. The first-order valence-corrected chi connectivity index (χ1v) is 8.17. The first-order chi connectivity index (χ1) is 11.7. The number of hydrogen-bond donors (Lipinski definition) is 2. The van der Waals surface area contributed by atoms with E-state index in [1.165, 1.54) is 0 Å². The Labute approximate surface area is 155 Å². The van der Waals surface area contributed by atoms with Crippen LogP contribution in [0.4, 0.5) is 5.69 Å². The van der Waals surface area contributed by atoms with Crippen LogP contribution < -0.4 is 10.1 Å². The van der Waals surface area contributed by atoms with E-state index in [0.717, 1.165) is 0 Å². The van der Waals surface area contributed by atoms with Gasteiger partial charge in [-0.1, -0.05) is 23.2 Å². The zero-order valence-electron chi connectivity index (χ0n) is 13.7. The number of hydrogen-bond acceptors (Lipinski definition) is 3. The summed E-state index contributed by atoms with van der Waals surface area (Å²) < 4.78 is 5.47. The van der Waals surface area contributed by atoms with E-state index in [-0.39, 0.29) is 12.5 Å². The highest BCUT2D eigenvalue weighted by molar-refractivity contribution is 6.35. The van der Waals surface area contributed by atoms with Crippen LogP contribution in [-0.4, -0.2) is 23.6 Å². The zero-order chi connectivity index (χ0) is 18.6. The monoisotopic (exact) mass is 381 g/mol. The van der Waals surface area contributed by atoms with Gasteiger partial charge in [-0.2, -0.15) is 0 Å². The third kappa shape index (κ3) is 5.11. The second kappa shape index (κ2) is 7.76. The largest absolute Gasteiger partial charge is 0.492 e. The number of anilines is 1. The molecule has 2 aromatic carbocycles. The lowest BCUT2D eigenvalue weighted by molar-refractivity contribution is -0.148. The second-order valence-electron chi connectivity index (χ2n) is 6.08. The Morgan fingerprint density at radius 1 is 1.12 bits per heavy atom. The minimum absolute atomic E-state index is 0.0198. The standard InChI is InChI=1S/C18H17Cl2NO4/c1-18(2,17(23)24)10-25-13-6-3-11(4-7-13)16(22)21-15-9-12(19)5-8-14(15)20/h3-9H,10H2,1-2H3,(H,21,22)(H,23,24). The number of carboxylic acids is 1. The zero-order valence-corrected chi connectivity index (χ0v) is 15.2. The van der Waals surface area contributed by atoms with E-state index >= 15 is 0 Å². The highest BCUT2D eigenvalue weighted by Gasteiger charge is 2.28. The van der Waals surface area contributed by atoms with Crippen LogP contribution in [0.2, 0.25) is 10.0 Å². The fourth-order valence-electron chi connectivity index (χ4n) is 1.82. The van der Waals surface area contributed by atoms with Crippen LogP contribution in [0.1, 0.15) is 24.2 Å². The van der Waals surface area contributed by atoms with Gasteiger partial charge in [-0.3, -0.25) is 9.59 Å². The molecule has 0 atom stereocenters. The molecule has 0 fully saturated rings. The number of carbonyl (C=O) groups is 2. The van der Waals surface area contributed by atoms with Crippen molar-refractivity contribution in [3.8, 4) is 5.75 Å². The highest BCUT2D eigenvalue weighted by atomic mass is 35.5. The van der Waals surface area contributed by atoms with E-state index in [1.54, 1.807) is 56.3 Å². The summed E-state index contributed by atoms with van der Waals surface area (Å²) in [6, 6.07) is 11.2. The van der Waals surface area contributed by atoms with E-state index in [2.05, 4.69) is 5.32 Å². The minimum Gasteiger partial charge on any atom is -0.492 e. The molecule has 1 amide bonds. The lowest BCUT2D eigenvalue weighted by Crippen LogP contribution is -2.30. The van der Waals surface area contributed by atoms with Gasteiger partial charge in [-0.15, -0.1) is 0 Å². The molecular weight excluding hydrogens is 365 g/mol. The third-order valence-corrected chi connectivity index (χ3v) is 4.04. The fraction of sp³-hybridized carbons (Fsp3) is 0.222. The van der Waals surface area contributed by atoms with Crippen molar-refractivity contribution >= 4 is 40.8 Å². The summed E-state index contributed by atoms with van der Waals surface area (Å²) in [6.07, 6.45) is 0. The second-order valence-corrected chi connectivity index (χ2v) is 6.92. The SMILES string of the molecule is CC(C)(COc1ccc(C(=O)Nc2cc(Cl)ccc2Cl)cc1)C(=O)O. The summed E-state index contributed by atoms with van der Waals surface area (Å²) in [4.78, 5) is 23.3. The molecule has 0 aliphatic rings. The number of carboxylic acid groups (broad SMARTS) is 1. The van der Waals surface area contributed by atoms with Crippen LogP contribution in [0.5, 0.6) is 5.75 Å². The van der Waals surface area contributed by atoms with Gasteiger partial charge in [0.1, 0.15) is 12.4 Å². The van der Waals surface area contributed by atoms with Crippen LogP contribution in [-0.2, 0) is 4.79 Å². The molecule has 25 heavy (non-hydrogen) atoms. The number of ether oxygens (including phenoxy) is 1. The predicted octanol–water partition coefficient (Wildman–Crippen LogP) is 4.74. The highest BCUT2D eigenvalue weighted by Crippen LogP contribution is 2.26. The Hall–Kier alpha value is -2.24. The average Bonchev–Trinajstić information content (AvgIpc) is 2.56. The molecule has 0 heterocycles. The average molecular weight is 382 g/mol. The lowest BCUT2D eigenvalue weighted by atomic mass is 9.95. The molecule has 0 unspecified atom stereocenters. The molecule has 132 valence electrons. The first kappa shape index (κ1) is 19.1. The Morgan fingerprint density at radius 2 is 1.76 bits per heavy atom. The van der Waals surface area contributed by atoms with Gasteiger partial charge >= 0.3 is 5.97 Å². The Bertz CT molecular complexity index is 788. The summed E-state index contributed by atoms with van der Waals surface area (Å²) >= 11 is 11.9. The Morgan fingerprint density at radius 3 is 2.36 bits per heavy atom. The van der Waals surface area contributed by atoms with Gasteiger partial charge in [0.15, 0.2) is 0 Å². The van der Waals surface area contributed by atoms with Crippen LogP contribution in [0, 0.1) is 5.41 Å². The quantitative estimate of drug-likeness (QED) is 0.757. The van der Waals surface area contributed by atoms with Crippen LogP contribution >= 0.6 is 23.2 Å². The number of aliphatic carboxylic acids is 1. The van der Waals surface area contributed by atoms with Crippen molar-refractivity contribution in [2.45, 2.75) is 13.8 Å². The normalized spacial score (nSPS) is 11.0. The van der Waals surface area contributed by atoms with Gasteiger partial charge in [0.25, 0.3) is 5.91 Å². The molecule has 2 aromatic rings. The van der Waals surface area contributed by atoms with E-state index in [0.29, 0.717) is 27.0 Å². The van der Waals surface area contributed by atoms with E-state index in [4.69, 9.17) is 33.0 Å². The maximum absolute atomic E-state index is 12.3. The molecule has 0 aliphatic carbocycles. The molecule has 0 saturated carbocycles. The van der Waals surface area contributed by atoms with Gasteiger partial charge in [0, 0.05) is 10.6 Å². The maximum atomic E-state index is 12.3. The lowest BCUT2D eigenvalue weighted by Gasteiger charge is -2.19. The first-order valence-electron chi connectivity index (χ1n) is 7.42. The molecule has 5 nitrogen and oxygen atoms in total. The smallest absolute Gasteiger partial charge is 0.312 e. The summed E-state index contributed by atoms with van der Waals surface area (Å²) in [6.45, 7) is 3.17. The van der Waals surface area contributed by atoms with Gasteiger partial charge in [-0.25, -0.2) is 0 Å². The topological polar surface area (TPSA) is 75.6 Å². The third-order valence-electron chi connectivity index (χ3n) is 3.47. The van der Waals surface area contributed by atoms with Crippen molar-refractivity contribution < 1.29 is 19.4 Å². The molecular formula is C18H17Cl2NO4. The van der Waals surface area contributed by atoms with Crippen molar-refractivity contribution in [2.24, 2.45) is 5.41 Å². The summed E-state index contributed by atoms with van der Waals surface area (Å²) in [5, 5.41) is 12.6. The fourth-order valence-corrected chi connectivity index (χ4v) is 2.15. The van der Waals surface area contributed by atoms with Crippen LogP contribution in [0.3, 0.4) is 0 Å². The molecule has 0 bridgehead atoms. The molecule has 7 heteroatoms. The summed E-state index contributed by atoms with van der Waals surface area (Å²) in [7, 11) is 0. The molecule has 0 radical (unpaired) electrons. The molecule has 0 spiro atoms. The maximum Gasteiger partial charge on any atom is 0.312 e.